The zero-order valence-electron chi connectivity index (χ0n) is 15.9. The van der Waals surface area contributed by atoms with Crippen molar-refractivity contribution in [1.82, 2.24) is 4.98 Å². The molecule has 0 saturated carbocycles. The lowest BCUT2D eigenvalue weighted by molar-refractivity contribution is 0.103. The first-order chi connectivity index (χ1) is 13.1. The number of benzene rings is 1. The summed E-state index contributed by atoms with van der Waals surface area (Å²) in [6.07, 6.45) is 2.99. The highest BCUT2D eigenvalue weighted by molar-refractivity contribution is 7.15. The fraction of sp³-hybridized carbons (Fsp3) is 0.333. The number of anilines is 1. The Morgan fingerprint density at radius 1 is 1.22 bits per heavy atom. The van der Waals surface area contributed by atoms with Gasteiger partial charge in [-0.15, -0.1) is 22.7 Å². The molecule has 1 aromatic carbocycles. The van der Waals surface area contributed by atoms with Crippen LogP contribution in [0.4, 0.5) is 5.13 Å². The second-order valence-electron chi connectivity index (χ2n) is 6.37. The summed E-state index contributed by atoms with van der Waals surface area (Å²) in [5.41, 5.74) is 4.43. The van der Waals surface area contributed by atoms with E-state index in [2.05, 4.69) is 48.4 Å². The molecule has 27 heavy (non-hydrogen) atoms. The molecule has 142 valence electrons. The number of hydrogen-bond acceptors (Lipinski definition) is 5. The van der Waals surface area contributed by atoms with Gasteiger partial charge in [0.05, 0.1) is 17.2 Å². The molecule has 0 saturated heterocycles. The van der Waals surface area contributed by atoms with E-state index < -0.39 is 0 Å². The molecule has 3 rings (SSSR count). The first-order valence-electron chi connectivity index (χ1n) is 9.05. The molecule has 0 fully saturated rings. The van der Waals surface area contributed by atoms with Gasteiger partial charge in [-0.05, 0) is 37.0 Å². The minimum absolute atomic E-state index is 0.0822. The third kappa shape index (κ3) is 5.03. The minimum atomic E-state index is -0.0822. The summed E-state index contributed by atoms with van der Waals surface area (Å²) in [5, 5.41) is 5.53. The quantitative estimate of drug-likeness (QED) is 0.537. The molecule has 3 aromatic rings. The van der Waals surface area contributed by atoms with Gasteiger partial charge >= 0.3 is 0 Å². The summed E-state index contributed by atoms with van der Waals surface area (Å²) < 4.78 is 5.11. The van der Waals surface area contributed by atoms with Crippen LogP contribution in [0.15, 0.2) is 35.7 Å². The van der Waals surface area contributed by atoms with E-state index in [1.165, 1.54) is 27.3 Å². The molecule has 2 heterocycles. The third-order valence-electron chi connectivity index (χ3n) is 4.33. The van der Waals surface area contributed by atoms with E-state index in [1.54, 1.807) is 18.4 Å². The van der Waals surface area contributed by atoms with Gasteiger partial charge in [0.1, 0.15) is 0 Å². The highest BCUT2D eigenvalue weighted by Crippen LogP contribution is 2.27. The molecule has 0 aliphatic heterocycles. The molecule has 0 bridgehead atoms. The zero-order chi connectivity index (χ0) is 19.2. The maximum Gasteiger partial charge on any atom is 0.267 e. The lowest BCUT2D eigenvalue weighted by Crippen LogP contribution is -2.09. The predicted molar refractivity (Wildman–Crippen MR) is 114 cm³/mol. The molecule has 2 aromatic heterocycles. The number of carbonyl (C=O) groups excluding carboxylic acids is 1. The molecule has 6 heteroatoms. The molecule has 0 aliphatic carbocycles. The Bertz CT molecular complexity index is 897. The number of thiazole rings is 1. The van der Waals surface area contributed by atoms with Crippen LogP contribution in [0.5, 0.6) is 0 Å². The van der Waals surface area contributed by atoms with Crippen molar-refractivity contribution < 1.29 is 9.53 Å². The van der Waals surface area contributed by atoms with E-state index >= 15 is 0 Å². The summed E-state index contributed by atoms with van der Waals surface area (Å²) in [4.78, 5) is 19.1. The number of methoxy groups -OCH3 is 1. The van der Waals surface area contributed by atoms with Gasteiger partial charge in [0.2, 0.25) is 0 Å². The van der Waals surface area contributed by atoms with Crippen LogP contribution in [0.1, 0.15) is 39.0 Å². The van der Waals surface area contributed by atoms with Crippen molar-refractivity contribution in [2.45, 2.75) is 33.1 Å². The molecule has 1 N–H and O–H groups in total. The Morgan fingerprint density at radius 2 is 2.00 bits per heavy atom. The van der Waals surface area contributed by atoms with Gasteiger partial charge in [0.25, 0.3) is 5.91 Å². The molecule has 1 amide bonds. The lowest BCUT2D eigenvalue weighted by atomic mass is 10.1. The van der Waals surface area contributed by atoms with Crippen molar-refractivity contribution >= 4 is 33.7 Å². The third-order valence-corrected chi connectivity index (χ3v) is 6.18. The number of hydrogen-bond donors (Lipinski definition) is 1. The van der Waals surface area contributed by atoms with Crippen LogP contribution in [-0.2, 0) is 17.6 Å². The number of nitrogens with zero attached hydrogens (tertiary/aromatic N) is 1. The topological polar surface area (TPSA) is 51.2 Å². The van der Waals surface area contributed by atoms with E-state index in [0.29, 0.717) is 11.7 Å². The van der Waals surface area contributed by atoms with Gasteiger partial charge < -0.3 is 4.74 Å². The predicted octanol–water partition coefficient (Wildman–Crippen LogP) is 5.57. The second kappa shape index (κ2) is 9.26. The van der Waals surface area contributed by atoms with E-state index in [-0.39, 0.29) is 5.91 Å². The van der Waals surface area contributed by atoms with Crippen molar-refractivity contribution in [3.05, 3.63) is 56.6 Å². The van der Waals surface area contributed by atoms with Crippen LogP contribution < -0.4 is 5.32 Å². The number of nitrogens with one attached hydrogen (secondary N) is 1. The van der Waals surface area contributed by atoms with Crippen molar-refractivity contribution in [3.63, 3.8) is 0 Å². The fourth-order valence-corrected chi connectivity index (χ4v) is 4.52. The van der Waals surface area contributed by atoms with Gasteiger partial charge in [-0.1, -0.05) is 37.6 Å². The Balaban J connectivity index is 1.67. The average Bonchev–Trinajstić information content (AvgIpc) is 3.28. The number of aromatic nitrogens is 1. The van der Waals surface area contributed by atoms with E-state index in [0.717, 1.165) is 35.4 Å². The number of carbonyl (C=O) groups is 1. The normalized spacial score (nSPS) is 10.9. The summed E-state index contributed by atoms with van der Waals surface area (Å²) >= 11 is 3.00. The maximum atomic E-state index is 12.5. The van der Waals surface area contributed by atoms with Crippen molar-refractivity contribution in [2.75, 3.05) is 19.0 Å². The number of aryl methyl sites for hydroxylation is 2. The molecular weight excluding hydrogens is 376 g/mol. The van der Waals surface area contributed by atoms with E-state index in [9.17, 15) is 4.79 Å². The molecule has 0 atom stereocenters. The number of ether oxygens (including phenoxy) is 1. The van der Waals surface area contributed by atoms with Crippen molar-refractivity contribution in [2.24, 2.45) is 0 Å². The summed E-state index contributed by atoms with van der Waals surface area (Å²) in [7, 11) is 1.71. The van der Waals surface area contributed by atoms with Crippen LogP contribution in [0.25, 0.3) is 11.3 Å². The van der Waals surface area contributed by atoms with Gasteiger partial charge in [-0.3, -0.25) is 10.1 Å². The Morgan fingerprint density at radius 3 is 2.70 bits per heavy atom. The Hall–Kier alpha value is -2.02. The van der Waals surface area contributed by atoms with Gasteiger partial charge in [0.15, 0.2) is 5.13 Å². The van der Waals surface area contributed by atoms with Crippen LogP contribution in [0, 0.1) is 6.92 Å². The van der Waals surface area contributed by atoms with Crippen molar-refractivity contribution in [3.8, 4) is 11.3 Å². The van der Waals surface area contributed by atoms with Crippen LogP contribution in [0.2, 0.25) is 0 Å². The standard InChI is InChI=1S/C21H24N2O2S2/c1-4-5-17-12-19(27-14(17)2)20(24)23-21-22-18(13-26-21)16-8-6-15(7-9-16)10-11-25-3/h6-9,12-13H,4-5,10-11H2,1-3H3,(H,22,23,24). The van der Waals surface area contributed by atoms with E-state index in [4.69, 9.17) is 4.74 Å². The fourth-order valence-electron chi connectivity index (χ4n) is 2.83. The summed E-state index contributed by atoms with van der Waals surface area (Å²) in [6, 6.07) is 10.3. The number of amides is 1. The van der Waals surface area contributed by atoms with Crippen LogP contribution in [0.3, 0.4) is 0 Å². The molecule has 0 unspecified atom stereocenters. The summed E-state index contributed by atoms with van der Waals surface area (Å²) in [5.74, 6) is -0.0822. The second-order valence-corrected chi connectivity index (χ2v) is 8.49. The summed E-state index contributed by atoms with van der Waals surface area (Å²) in [6.45, 7) is 4.94. The monoisotopic (exact) mass is 400 g/mol. The maximum absolute atomic E-state index is 12.5. The van der Waals surface area contributed by atoms with Crippen LogP contribution >= 0.6 is 22.7 Å². The first-order valence-corrected chi connectivity index (χ1v) is 10.7. The number of thiophene rings is 1. The molecular formula is C21H24N2O2S2. The SMILES string of the molecule is CCCc1cc(C(=O)Nc2nc(-c3ccc(CCOC)cc3)cs2)sc1C. The van der Waals surface area contributed by atoms with Gasteiger partial charge in [-0.25, -0.2) is 4.98 Å². The molecule has 0 radical (unpaired) electrons. The average molecular weight is 401 g/mol. The van der Waals surface area contributed by atoms with Gasteiger partial charge in [-0.2, -0.15) is 0 Å². The number of rotatable bonds is 8. The van der Waals surface area contributed by atoms with Crippen molar-refractivity contribution in [1.29, 1.82) is 0 Å². The van der Waals surface area contributed by atoms with Crippen LogP contribution in [-0.4, -0.2) is 24.6 Å². The van der Waals surface area contributed by atoms with Gasteiger partial charge in [0, 0.05) is 22.9 Å². The van der Waals surface area contributed by atoms with E-state index in [1.807, 2.05) is 11.4 Å². The molecule has 4 nitrogen and oxygen atoms in total. The molecule has 0 aliphatic rings. The molecule has 0 spiro atoms. The largest absolute Gasteiger partial charge is 0.384 e. The Labute approximate surface area is 168 Å². The first kappa shape index (κ1) is 19.7. The highest BCUT2D eigenvalue weighted by atomic mass is 32.1. The smallest absolute Gasteiger partial charge is 0.267 e. The zero-order valence-corrected chi connectivity index (χ0v) is 17.5. The lowest BCUT2D eigenvalue weighted by Gasteiger charge is -2.02. The highest BCUT2D eigenvalue weighted by Gasteiger charge is 2.14. The minimum Gasteiger partial charge on any atom is -0.384 e. The Kier molecular flexibility index (Phi) is 6.77.